The van der Waals surface area contributed by atoms with Crippen molar-refractivity contribution in [1.82, 2.24) is 19.9 Å². The second kappa shape index (κ2) is 10.6. The molecule has 0 spiro atoms. The van der Waals surface area contributed by atoms with Crippen LogP contribution in [0.5, 0.6) is 0 Å². The normalized spacial score (nSPS) is 21.4. The zero-order chi connectivity index (χ0) is 25.0. The summed E-state index contributed by atoms with van der Waals surface area (Å²) in [5.41, 5.74) is 2.14. The number of pyridine rings is 1. The van der Waals surface area contributed by atoms with Crippen LogP contribution in [0.4, 0.5) is 28.1 Å². The zero-order valence-corrected chi connectivity index (χ0v) is 20.2. The van der Waals surface area contributed by atoms with Gasteiger partial charge in [-0.1, -0.05) is 0 Å². The highest BCUT2D eigenvalue weighted by Crippen LogP contribution is 2.29. The molecule has 3 aromatic rings. The van der Waals surface area contributed by atoms with Gasteiger partial charge < -0.3 is 34.6 Å². The predicted octanol–water partition coefficient (Wildman–Crippen LogP) is 2.02. The first-order chi connectivity index (χ1) is 18.2. The van der Waals surface area contributed by atoms with Gasteiger partial charge in [0.05, 0.1) is 51.7 Å². The smallest absolute Gasteiger partial charge is 0.323 e. The Bertz CT molecular complexity index is 1200. The summed E-state index contributed by atoms with van der Waals surface area (Å²) in [6.45, 7) is 5.01. The number of hydrogen-bond donors (Lipinski definition) is 2. The van der Waals surface area contributed by atoms with E-state index in [-0.39, 0.29) is 18.1 Å². The second-order valence-electron chi connectivity index (χ2n) is 9.04. The van der Waals surface area contributed by atoms with Crippen LogP contribution in [0.2, 0.25) is 0 Å². The summed E-state index contributed by atoms with van der Waals surface area (Å²) in [6, 6.07) is 10.7. The minimum Gasteiger partial charge on any atom is -0.378 e. The molecule has 0 radical (unpaired) electrons. The summed E-state index contributed by atoms with van der Waals surface area (Å²) in [7, 11) is 0. The molecule has 5 heterocycles. The molecule has 6 rings (SSSR count). The molecule has 3 aliphatic heterocycles. The van der Waals surface area contributed by atoms with E-state index in [1.807, 2.05) is 24.3 Å². The monoisotopic (exact) mass is 504 g/mol. The number of nitrogens with one attached hydrogen (secondary N) is 2. The van der Waals surface area contributed by atoms with Crippen molar-refractivity contribution >= 4 is 29.3 Å². The minimum absolute atomic E-state index is 0.0609. The molecule has 3 aliphatic rings. The third-order valence-electron chi connectivity index (χ3n) is 6.50. The van der Waals surface area contributed by atoms with Crippen molar-refractivity contribution < 1.29 is 19.0 Å². The van der Waals surface area contributed by atoms with Gasteiger partial charge in [0, 0.05) is 42.4 Å². The Morgan fingerprint density at radius 1 is 0.757 bits per heavy atom. The highest BCUT2D eigenvalue weighted by Gasteiger charge is 2.38. The standard InChI is InChI=1S/C25H28N8O4/c34-25(28-19-5-7-26-8-6-19)27-18-3-1-17(2-4-18)22-29-23(32-9-11-35-12-10-32)31-24(30-22)33-20-13-36-15-21(33)16-37-14-20/h1-8,20-21H,9-16H2,(H2,26,27,28,34). The lowest BCUT2D eigenvalue weighted by Gasteiger charge is -2.45. The lowest BCUT2D eigenvalue weighted by Crippen LogP contribution is -2.60. The van der Waals surface area contributed by atoms with E-state index in [1.54, 1.807) is 24.5 Å². The van der Waals surface area contributed by atoms with Crippen molar-refractivity contribution in [2.24, 2.45) is 0 Å². The van der Waals surface area contributed by atoms with Crippen molar-refractivity contribution in [3.8, 4) is 11.4 Å². The fourth-order valence-corrected chi connectivity index (χ4v) is 4.66. The third kappa shape index (κ3) is 5.31. The van der Waals surface area contributed by atoms with Gasteiger partial charge in [0.15, 0.2) is 5.82 Å². The molecule has 0 aliphatic carbocycles. The topological polar surface area (TPSA) is 127 Å². The van der Waals surface area contributed by atoms with Crippen LogP contribution in [-0.2, 0) is 14.2 Å². The van der Waals surface area contributed by atoms with Gasteiger partial charge in [-0.2, -0.15) is 15.0 Å². The molecule has 0 unspecified atom stereocenters. The van der Waals surface area contributed by atoms with Gasteiger partial charge in [-0.05, 0) is 36.4 Å². The van der Waals surface area contributed by atoms with Crippen molar-refractivity contribution in [2.75, 3.05) is 73.2 Å². The van der Waals surface area contributed by atoms with Crippen LogP contribution < -0.4 is 20.4 Å². The van der Waals surface area contributed by atoms with Crippen LogP contribution in [-0.4, -0.2) is 90.8 Å². The van der Waals surface area contributed by atoms with Crippen LogP contribution in [0.15, 0.2) is 48.8 Å². The van der Waals surface area contributed by atoms with Crippen LogP contribution >= 0.6 is 0 Å². The first-order valence-corrected chi connectivity index (χ1v) is 12.3. The van der Waals surface area contributed by atoms with Crippen LogP contribution in [0.1, 0.15) is 0 Å². The fraction of sp³-hybridized carbons (Fsp3) is 0.400. The average molecular weight is 505 g/mol. The minimum atomic E-state index is -0.336. The molecule has 12 heteroatoms. The SMILES string of the molecule is O=C(Nc1ccncc1)Nc1ccc(-c2nc(N3CCOCC3)nc(N3C4COCC3COC4)n2)cc1. The second-order valence-corrected chi connectivity index (χ2v) is 9.04. The fourth-order valence-electron chi connectivity index (χ4n) is 4.66. The number of carbonyl (C=O) groups excluding carboxylic acids is 1. The third-order valence-corrected chi connectivity index (χ3v) is 6.50. The first-order valence-electron chi connectivity index (χ1n) is 12.3. The lowest BCUT2D eigenvalue weighted by atomic mass is 10.1. The van der Waals surface area contributed by atoms with Crippen LogP contribution in [0.3, 0.4) is 0 Å². The molecular formula is C25H28N8O4. The molecule has 3 fully saturated rings. The number of rotatable bonds is 5. The lowest BCUT2D eigenvalue weighted by molar-refractivity contribution is -0.0355. The Kier molecular flexibility index (Phi) is 6.76. The molecule has 2 amide bonds. The van der Waals surface area contributed by atoms with E-state index in [0.29, 0.717) is 68.7 Å². The number of urea groups is 1. The van der Waals surface area contributed by atoms with E-state index in [0.717, 1.165) is 18.7 Å². The molecule has 2 aromatic heterocycles. The molecule has 0 saturated carbocycles. The van der Waals surface area contributed by atoms with Crippen molar-refractivity contribution in [1.29, 1.82) is 0 Å². The van der Waals surface area contributed by atoms with Gasteiger partial charge in [0.2, 0.25) is 11.9 Å². The summed E-state index contributed by atoms with van der Waals surface area (Å²) < 4.78 is 17.1. The van der Waals surface area contributed by atoms with E-state index >= 15 is 0 Å². The van der Waals surface area contributed by atoms with Gasteiger partial charge in [0.25, 0.3) is 0 Å². The molecule has 1 aromatic carbocycles. The Morgan fingerprint density at radius 2 is 1.35 bits per heavy atom. The first kappa shape index (κ1) is 23.5. The Balaban J connectivity index is 1.26. The Hall–Kier alpha value is -3.87. The number of morpholine rings is 3. The predicted molar refractivity (Wildman–Crippen MR) is 137 cm³/mol. The molecule has 2 N–H and O–H groups in total. The molecule has 12 nitrogen and oxygen atoms in total. The summed E-state index contributed by atoms with van der Waals surface area (Å²) >= 11 is 0. The van der Waals surface area contributed by atoms with Crippen LogP contribution in [0.25, 0.3) is 11.4 Å². The Labute approximate surface area is 214 Å². The van der Waals surface area contributed by atoms with E-state index in [4.69, 9.17) is 29.2 Å². The number of carbonyl (C=O) groups is 1. The highest BCUT2D eigenvalue weighted by molar-refractivity contribution is 5.99. The average Bonchev–Trinajstić information content (AvgIpc) is 2.94. The largest absolute Gasteiger partial charge is 0.378 e. The molecule has 0 atom stereocenters. The molecule has 3 saturated heterocycles. The van der Waals surface area contributed by atoms with E-state index in [2.05, 4.69) is 25.4 Å². The van der Waals surface area contributed by atoms with Crippen molar-refractivity contribution in [2.45, 2.75) is 12.1 Å². The number of ether oxygens (including phenoxy) is 3. The number of hydrogen-bond acceptors (Lipinski definition) is 10. The van der Waals surface area contributed by atoms with Crippen molar-refractivity contribution in [3.05, 3.63) is 48.8 Å². The number of benzene rings is 1. The van der Waals surface area contributed by atoms with Crippen molar-refractivity contribution in [3.63, 3.8) is 0 Å². The highest BCUT2D eigenvalue weighted by atomic mass is 16.5. The molecule has 192 valence electrons. The van der Waals surface area contributed by atoms with Gasteiger partial charge in [-0.15, -0.1) is 0 Å². The Morgan fingerprint density at radius 3 is 2.00 bits per heavy atom. The van der Waals surface area contributed by atoms with E-state index < -0.39 is 0 Å². The number of amides is 2. The maximum atomic E-state index is 12.4. The zero-order valence-electron chi connectivity index (χ0n) is 20.2. The summed E-state index contributed by atoms with van der Waals surface area (Å²) in [4.78, 5) is 35.2. The summed E-state index contributed by atoms with van der Waals surface area (Å²) in [5.74, 6) is 1.84. The van der Waals surface area contributed by atoms with E-state index in [1.165, 1.54) is 0 Å². The summed E-state index contributed by atoms with van der Waals surface area (Å²) in [6.07, 6.45) is 3.24. The summed E-state index contributed by atoms with van der Waals surface area (Å²) in [5, 5.41) is 5.62. The number of aromatic nitrogens is 4. The number of anilines is 4. The van der Waals surface area contributed by atoms with Gasteiger partial charge in [0.1, 0.15) is 0 Å². The van der Waals surface area contributed by atoms with Crippen LogP contribution in [0, 0.1) is 0 Å². The molecule has 2 bridgehead atoms. The van der Waals surface area contributed by atoms with Gasteiger partial charge in [-0.25, -0.2) is 4.79 Å². The number of nitrogens with zero attached hydrogens (tertiary/aromatic N) is 6. The number of fused-ring (bicyclic) bond motifs is 2. The maximum absolute atomic E-state index is 12.4. The molecule has 37 heavy (non-hydrogen) atoms. The van der Waals surface area contributed by atoms with Gasteiger partial charge >= 0.3 is 6.03 Å². The molecular weight excluding hydrogens is 476 g/mol. The van der Waals surface area contributed by atoms with E-state index in [9.17, 15) is 4.79 Å². The maximum Gasteiger partial charge on any atom is 0.323 e. The quantitative estimate of drug-likeness (QED) is 0.533. The van der Waals surface area contributed by atoms with Gasteiger partial charge in [-0.3, -0.25) is 4.98 Å².